The highest BCUT2D eigenvalue weighted by Crippen LogP contribution is 2.33. The zero-order valence-electron chi connectivity index (χ0n) is 11.1. The van der Waals surface area contributed by atoms with Crippen LogP contribution < -0.4 is 15.2 Å². The Morgan fingerprint density at radius 1 is 1.26 bits per heavy atom. The molecule has 1 rings (SSSR count). The van der Waals surface area contributed by atoms with E-state index >= 15 is 0 Å². The van der Waals surface area contributed by atoms with E-state index in [1.807, 2.05) is 13.8 Å². The average molecular weight is 277 g/mol. The molecular formula is C13H18F3NO2. The zero-order valence-corrected chi connectivity index (χ0v) is 11.1. The van der Waals surface area contributed by atoms with E-state index in [1.54, 1.807) is 0 Å². The number of nitrogens with two attached hydrogens (primary N) is 1. The molecule has 0 radical (unpaired) electrons. The summed E-state index contributed by atoms with van der Waals surface area (Å²) in [6.45, 7) is 3.98. The van der Waals surface area contributed by atoms with Gasteiger partial charge in [0.1, 0.15) is 11.5 Å². The summed E-state index contributed by atoms with van der Waals surface area (Å²) in [5.41, 5.74) is 6.50. The van der Waals surface area contributed by atoms with Crippen LogP contribution in [-0.4, -0.2) is 13.5 Å². The maximum Gasteiger partial charge on any atom is 0.573 e. The molecule has 6 heteroatoms. The summed E-state index contributed by atoms with van der Waals surface area (Å²) in [6, 6.07) is 3.51. The van der Waals surface area contributed by atoms with Gasteiger partial charge in [-0.25, -0.2) is 0 Å². The van der Waals surface area contributed by atoms with Gasteiger partial charge in [0.05, 0.1) is 7.11 Å². The second-order valence-electron chi connectivity index (χ2n) is 4.69. The van der Waals surface area contributed by atoms with Gasteiger partial charge in [-0.1, -0.05) is 13.8 Å². The Bertz CT molecular complexity index is 419. The largest absolute Gasteiger partial charge is 0.573 e. The first-order valence-electron chi connectivity index (χ1n) is 5.92. The Morgan fingerprint density at radius 2 is 1.89 bits per heavy atom. The summed E-state index contributed by atoms with van der Waals surface area (Å²) >= 11 is 0. The normalized spacial score (nSPS) is 13.5. The maximum atomic E-state index is 12.2. The Morgan fingerprint density at radius 3 is 2.37 bits per heavy atom. The van der Waals surface area contributed by atoms with E-state index in [2.05, 4.69) is 4.74 Å². The van der Waals surface area contributed by atoms with Crippen molar-refractivity contribution in [3.8, 4) is 11.5 Å². The lowest BCUT2D eigenvalue weighted by molar-refractivity contribution is -0.274. The molecule has 0 saturated heterocycles. The van der Waals surface area contributed by atoms with Gasteiger partial charge in [-0.05, 0) is 30.5 Å². The number of alkyl halides is 3. The SMILES string of the molecule is COc1ccc(OC(F)(F)F)cc1[C@@H](N)CC(C)C. The molecule has 1 aromatic rings. The predicted molar refractivity (Wildman–Crippen MR) is 66.1 cm³/mol. The first-order valence-corrected chi connectivity index (χ1v) is 5.92. The minimum absolute atomic E-state index is 0.289. The summed E-state index contributed by atoms with van der Waals surface area (Å²) < 4.78 is 45.5. The lowest BCUT2D eigenvalue weighted by Crippen LogP contribution is -2.18. The van der Waals surface area contributed by atoms with Crippen LogP contribution in [0.2, 0.25) is 0 Å². The van der Waals surface area contributed by atoms with Gasteiger partial charge in [0.25, 0.3) is 0 Å². The highest BCUT2D eigenvalue weighted by Gasteiger charge is 2.31. The van der Waals surface area contributed by atoms with E-state index in [9.17, 15) is 13.2 Å². The van der Waals surface area contributed by atoms with Crippen molar-refractivity contribution >= 4 is 0 Å². The van der Waals surface area contributed by atoms with Crippen LogP contribution >= 0.6 is 0 Å². The molecule has 1 atom stereocenters. The van der Waals surface area contributed by atoms with Crippen LogP contribution in [0.15, 0.2) is 18.2 Å². The first-order chi connectivity index (χ1) is 8.73. The van der Waals surface area contributed by atoms with Crippen molar-refractivity contribution in [3.63, 3.8) is 0 Å². The van der Waals surface area contributed by atoms with E-state index in [0.29, 0.717) is 23.7 Å². The van der Waals surface area contributed by atoms with Crippen LogP contribution in [0.5, 0.6) is 11.5 Å². The van der Waals surface area contributed by atoms with Crippen molar-refractivity contribution in [3.05, 3.63) is 23.8 Å². The zero-order chi connectivity index (χ0) is 14.6. The quantitative estimate of drug-likeness (QED) is 0.893. The lowest BCUT2D eigenvalue weighted by Gasteiger charge is -2.19. The smallest absolute Gasteiger partial charge is 0.496 e. The predicted octanol–water partition coefficient (Wildman–Crippen LogP) is 3.64. The van der Waals surface area contributed by atoms with Crippen LogP contribution in [0.4, 0.5) is 13.2 Å². The van der Waals surface area contributed by atoms with Gasteiger partial charge < -0.3 is 15.2 Å². The van der Waals surface area contributed by atoms with Gasteiger partial charge in [0.15, 0.2) is 0 Å². The standard InChI is InChI=1S/C13H18F3NO2/c1-8(2)6-11(17)10-7-9(19-13(14,15)16)4-5-12(10)18-3/h4-5,7-8,11H,6,17H2,1-3H3/t11-/m0/s1. The van der Waals surface area contributed by atoms with Crippen LogP contribution in [0.1, 0.15) is 31.9 Å². The Kier molecular flexibility index (Phi) is 5.05. The molecule has 2 N–H and O–H groups in total. The first kappa shape index (κ1) is 15.6. The molecular weight excluding hydrogens is 259 g/mol. The number of hydrogen-bond donors (Lipinski definition) is 1. The third kappa shape index (κ3) is 4.98. The van der Waals surface area contributed by atoms with Gasteiger partial charge in [0.2, 0.25) is 0 Å². The van der Waals surface area contributed by atoms with E-state index in [-0.39, 0.29) is 5.75 Å². The maximum absolute atomic E-state index is 12.2. The van der Waals surface area contributed by atoms with Crippen molar-refractivity contribution < 1.29 is 22.6 Å². The van der Waals surface area contributed by atoms with E-state index in [0.717, 1.165) is 0 Å². The number of methoxy groups -OCH3 is 1. The van der Waals surface area contributed by atoms with Gasteiger partial charge in [-0.2, -0.15) is 0 Å². The van der Waals surface area contributed by atoms with Crippen LogP contribution in [-0.2, 0) is 0 Å². The molecule has 0 aliphatic rings. The molecule has 19 heavy (non-hydrogen) atoms. The third-order valence-corrected chi connectivity index (χ3v) is 2.56. The molecule has 0 aromatic heterocycles. The summed E-state index contributed by atoms with van der Waals surface area (Å²) in [7, 11) is 1.45. The molecule has 0 aliphatic carbocycles. The molecule has 0 saturated carbocycles. The second-order valence-corrected chi connectivity index (χ2v) is 4.69. The van der Waals surface area contributed by atoms with Crippen LogP contribution in [0.3, 0.4) is 0 Å². The molecule has 0 bridgehead atoms. The fraction of sp³-hybridized carbons (Fsp3) is 0.538. The van der Waals surface area contributed by atoms with Crippen molar-refractivity contribution in [2.45, 2.75) is 32.7 Å². The van der Waals surface area contributed by atoms with E-state index < -0.39 is 12.4 Å². The van der Waals surface area contributed by atoms with Crippen LogP contribution in [0.25, 0.3) is 0 Å². The summed E-state index contributed by atoms with van der Waals surface area (Å²) in [4.78, 5) is 0. The molecule has 0 heterocycles. The monoisotopic (exact) mass is 277 g/mol. The van der Waals surface area contributed by atoms with E-state index in [4.69, 9.17) is 10.5 Å². The molecule has 1 aromatic carbocycles. The highest BCUT2D eigenvalue weighted by molar-refractivity contribution is 5.42. The minimum atomic E-state index is -4.71. The fourth-order valence-corrected chi connectivity index (χ4v) is 1.83. The number of halogens is 3. The molecule has 0 spiro atoms. The number of benzene rings is 1. The second kappa shape index (κ2) is 6.14. The molecule has 0 unspecified atom stereocenters. The van der Waals surface area contributed by atoms with Gasteiger partial charge in [0, 0.05) is 11.6 Å². The Balaban J connectivity index is 3.02. The van der Waals surface area contributed by atoms with Crippen LogP contribution in [0, 0.1) is 5.92 Å². The Labute approximate surface area is 110 Å². The summed E-state index contributed by atoms with van der Waals surface area (Å²) in [5, 5.41) is 0. The van der Waals surface area contributed by atoms with E-state index in [1.165, 1.54) is 25.3 Å². The van der Waals surface area contributed by atoms with Crippen molar-refractivity contribution in [2.24, 2.45) is 11.7 Å². The number of hydrogen-bond acceptors (Lipinski definition) is 3. The van der Waals surface area contributed by atoms with Crippen molar-refractivity contribution in [1.29, 1.82) is 0 Å². The summed E-state index contributed by atoms with van der Waals surface area (Å²) in [5.74, 6) is 0.497. The fourth-order valence-electron chi connectivity index (χ4n) is 1.83. The molecule has 0 fully saturated rings. The number of rotatable bonds is 5. The van der Waals surface area contributed by atoms with Gasteiger partial charge >= 0.3 is 6.36 Å². The Hall–Kier alpha value is -1.43. The molecule has 0 amide bonds. The lowest BCUT2D eigenvalue weighted by atomic mass is 9.97. The topological polar surface area (TPSA) is 44.5 Å². The molecule has 108 valence electrons. The van der Waals surface area contributed by atoms with Gasteiger partial charge in [-0.15, -0.1) is 13.2 Å². The summed E-state index contributed by atoms with van der Waals surface area (Å²) in [6.07, 6.45) is -4.07. The highest BCUT2D eigenvalue weighted by atomic mass is 19.4. The number of ether oxygens (including phenoxy) is 2. The molecule has 0 aliphatic heterocycles. The third-order valence-electron chi connectivity index (χ3n) is 2.56. The van der Waals surface area contributed by atoms with Crippen molar-refractivity contribution in [1.82, 2.24) is 0 Å². The average Bonchev–Trinajstić information content (AvgIpc) is 2.25. The minimum Gasteiger partial charge on any atom is -0.496 e. The van der Waals surface area contributed by atoms with Gasteiger partial charge in [-0.3, -0.25) is 0 Å². The van der Waals surface area contributed by atoms with Crippen molar-refractivity contribution in [2.75, 3.05) is 7.11 Å². The molecule has 3 nitrogen and oxygen atoms in total.